The fourth-order valence-corrected chi connectivity index (χ4v) is 5.44. The molecule has 0 aliphatic heterocycles. The number of ether oxygens (including phenoxy) is 1. The lowest BCUT2D eigenvalue weighted by Crippen LogP contribution is -2.15. The maximum absolute atomic E-state index is 14.8. The molecule has 6 heteroatoms. The van der Waals surface area contributed by atoms with Gasteiger partial charge in [0.15, 0.2) is 20.3 Å². The predicted molar refractivity (Wildman–Crippen MR) is 139 cm³/mol. The molecule has 0 N–H and O–H groups in total. The molecule has 0 radical (unpaired) electrons. The van der Waals surface area contributed by atoms with Crippen molar-refractivity contribution >= 4 is 8.69 Å². The van der Waals surface area contributed by atoms with Gasteiger partial charge in [0, 0.05) is 0 Å². The highest BCUT2D eigenvalue weighted by atomic mass is 31.1. The molecule has 0 saturated heterocycles. The van der Waals surface area contributed by atoms with Crippen molar-refractivity contribution in [2.45, 2.75) is 122 Å². The van der Waals surface area contributed by atoms with Gasteiger partial charge in [-0.15, -0.1) is 0 Å². The summed E-state index contributed by atoms with van der Waals surface area (Å²) in [6, 6.07) is 3.38. The molecule has 196 valence electrons. The Labute approximate surface area is 207 Å². The average Bonchev–Trinajstić information content (AvgIpc) is 2.85. The van der Waals surface area contributed by atoms with Crippen LogP contribution in [0.25, 0.3) is 0 Å². The maximum Gasteiger partial charge on any atom is 0.200 e. The lowest BCUT2D eigenvalue weighted by Gasteiger charge is -2.29. The van der Waals surface area contributed by atoms with Crippen molar-refractivity contribution in [1.29, 1.82) is 0 Å². The minimum Gasteiger partial charge on any atom is -0.490 e. The fourth-order valence-electron chi connectivity index (χ4n) is 5.17. The summed E-state index contributed by atoms with van der Waals surface area (Å²) >= 11 is 0. The Balaban J connectivity index is 1.58. The summed E-state index contributed by atoms with van der Waals surface area (Å²) in [5.74, 6) is -0.567. The van der Waals surface area contributed by atoms with E-state index in [1.807, 2.05) is 0 Å². The van der Waals surface area contributed by atoms with Crippen molar-refractivity contribution in [3.05, 3.63) is 29.3 Å². The predicted octanol–water partition coefficient (Wildman–Crippen LogP) is 9.40. The van der Waals surface area contributed by atoms with Crippen LogP contribution < -0.4 is 4.74 Å². The van der Waals surface area contributed by atoms with Gasteiger partial charge in [-0.05, 0) is 62.0 Å². The lowest BCUT2D eigenvalue weighted by molar-refractivity contribution is 0.279. The molecule has 1 aromatic rings. The third-order valence-corrected chi connectivity index (χ3v) is 7.68. The van der Waals surface area contributed by atoms with Crippen molar-refractivity contribution < 1.29 is 22.6 Å². The van der Waals surface area contributed by atoms with Gasteiger partial charge in [0.2, 0.25) is 5.82 Å². The lowest BCUT2D eigenvalue weighted by atomic mass is 9.77. The zero-order valence-electron chi connectivity index (χ0n) is 21.3. The third kappa shape index (κ3) is 11.2. The molecule has 1 aliphatic rings. The molecule has 1 atom stereocenters. The van der Waals surface area contributed by atoms with Crippen LogP contribution in [-0.2, 0) is 9.09 Å². The van der Waals surface area contributed by atoms with E-state index in [2.05, 4.69) is 6.92 Å². The summed E-state index contributed by atoms with van der Waals surface area (Å²) in [7, 11) is -1.06. The first-order valence-electron chi connectivity index (χ1n) is 13.8. The van der Waals surface area contributed by atoms with E-state index in [1.165, 1.54) is 51.4 Å². The quantitative estimate of drug-likeness (QED) is 0.140. The van der Waals surface area contributed by atoms with Crippen LogP contribution in [0.5, 0.6) is 5.75 Å². The van der Waals surface area contributed by atoms with Crippen molar-refractivity contribution in [1.82, 2.24) is 0 Å². The molecule has 1 unspecified atom stereocenters. The monoisotopic (exact) mass is 500 g/mol. The van der Waals surface area contributed by atoms with Gasteiger partial charge in [-0.1, -0.05) is 83.6 Å². The number of unbranched alkanes of at least 4 members (excludes halogenated alkanes) is 10. The Morgan fingerprint density at radius 3 is 2.03 bits per heavy atom. The molecule has 0 aromatic heterocycles. The minimum absolute atomic E-state index is 0.0528. The fraction of sp³-hybridized carbons (Fsp3) is 0.786. The van der Waals surface area contributed by atoms with Gasteiger partial charge in [-0.2, -0.15) is 4.39 Å². The number of hydrogen-bond donors (Lipinski definition) is 0. The maximum atomic E-state index is 14.8. The molecule has 1 fully saturated rings. The molecule has 0 spiro atoms. The Morgan fingerprint density at radius 2 is 1.41 bits per heavy atom. The molecule has 0 amide bonds. The molecule has 1 aromatic carbocycles. The SMILES string of the molecule is CCCCCC1CCC(c2ccc(OCCCCCCCCCCCO[PH2]=O)c(F)c2F)CC1. The van der Waals surface area contributed by atoms with E-state index in [0.29, 0.717) is 18.8 Å². The Hall–Kier alpha value is -0.930. The van der Waals surface area contributed by atoms with Gasteiger partial charge < -0.3 is 9.26 Å². The molecular weight excluding hydrogens is 453 g/mol. The number of halogens is 2. The standard InChI is InChI=1S/C28H47F2O3P/c1-2-3-11-14-23-15-17-24(18-16-23)25-19-20-26(28(30)27(25)29)32-21-12-9-7-5-4-6-8-10-13-22-33-34-31/h19-20,23-24H,2-18,21-22,34H2,1H3. The molecule has 3 nitrogen and oxygen atoms in total. The summed E-state index contributed by atoms with van der Waals surface area (Å²) in [4.78, 5) is 0. The van der Waals surface area contributed by atoms with Gasteiger partial charge in [0.05, 0.1) is 13.2 Å². The van der Waals surface area contributed by atoms with Crippen LogP contribution >= 0.6 is 8.69 Å². The molecule has 1 saturated carbocycles. The van der Waals surface area contributed by atoms with Crippen LogP contribution in [0.2, 0.25) is 0 Å². The van der Waals surface area contributed by atoms with E-state index < -0.39 is 20.3 Å². The first-order valence-corrected chi connectivity index (χ1v) is 14.8. The number of rotatable bonds is 19. The van der Waals surface area contributed by atoms with Gasteiger partial charge in [0.25, 0.3) is 0 Å². The first kappa shape index (κ1) is 29.3. The highest BCUT2D eigenvalue weighted by molar-refractivity contribution is 7.17. The summed E-state index contributed by atoms with van der Waals surface area (Å²) in [6.07, 6.45) is 19.3. The van der Waals surface area contributed by atoms with Crippen molar-refractivity contribution in [3.63, 3.8) is 0 Å². The Bertz CT molecular complexity index is 678. The second kappa shape index (κ2) is 18.4. The highest BCUT2D eigenvalue weighted by Gasteiger charge is 2.26. The number of hydrogen-bond acceptors (Lipinski definition) is 3. The van der Waals surface area contributed by atoms with Crippen molar-refractivity contribution in [2.24, 2.45) is 5.92 Å². The summed E-state index contributed by atoms with van der Waals surface area (Å²) < 4.78 is 50.1. The average molecular weight is 501 g/mol. The first-order chi connectivity index (χ1) is 16.7. The summed E-state index contributed by atoms with van der Waals surface area (Å²) in [6.45, 7) is 3.28. The second-order valence-electron chi connectivity index (χ2n) is 9.99. The molecule has 2 rings (SSSR count). The smallest absolute Gasteiger partial charge is 0.200 e. The zero-order valence-corrected chi connectivity index (χ0v) is 22.5. The van der Waals surface area contributed by atoms with Gasteiger partial charge in [0.1, 0.15) is 0 Å². The molecule has 1 aliphatic carbocycles. The topological polar surface area (TPSA) is 35.5 Å². The van der Waals surface area contributed by atoms with Crippen LogP contribution in [-0.4, -0.2) is 13.2 Å². The summed E-state index contributed by atoms with van der Waals surface area (Å²) in [5.41, 5.74) is 0.538. The summed E-state index contributed by atoms with van der Waals surface area (Å²) in [5, 5.41) is 0. The molecule has 34 heavy (non-hydrogen) atoms. The van der Waals surface area contributed by atoms with Crippen LogP contribution in [0.3, 0.4) is 0 Å². The number of benzene rings is 1. The van der Waals surface area contributed by atoms with Crippen LogP contribution in [0, 0.1) is 17.6 Å². The van der Waals surface area contributed by atoms with E-state index in [0.717, 1.165) is 63.7 Å². The zero-order chi connectivity index (χ0) is 24.4. The second-order valence-corrected chi connectivity index (χ2v) is 10.5. The van der Waals surface area contributed by atoms with Crippen LogP contribution in [0.1, 0.15) is 128 Å². The van der Waals surface area contributed by atoms with Gasteiger partial charge in [-0.25, -0.2) is 4.39 Å². The van der Waals surface area contributed by atoms with Crippen molar-refractivity contribution in [3.8, 4) is 5.75 Å². The Kier molecular flexibility index (Phi) is 15.8. The van der Waals surface area contributed by atoms with E-state index in [9.17, 15) is 13.3 Å². The van der Waals surface area contributed by atoms with Gasteiger partial charge in [-0.3, -0.25) is 4.57 Å². The molecule has 0 bridgehead atoms. The van der Waals surface area contributed by atoms with Crippen LogP contribution in [0.15, 0.2) is 12.1 Å². The molecular formula is C28H47F2O3P. The third-order valence-electron chi connectivity index (χ3n) is 7.31. The minimum atomic E-state index is -1.06. The normalized spacial score (nSPS) is 18.7. The van der Waals surface area contributed by atoms with Gasteiger partial charge >= 0.3 is 0 Å². The highest BCUT2D eigenvalue weighted by Crippen LogP contribution is 2.40. The van der Waals surface area contributed by atoms with E-state index in [-0.39, 0.29) is 11.7 Å². The van der Waals surface area contributed by atoms with E-state index >= 15 is 0 Å². The molecule has 0 heterocycles. The largest absolute Gasteiger partial charge is 0.490 e. The van der Waals surface area contributed by atoms with Crippen molar-refractivity contribution in [2.75, 3.05) is 13.2 Å². The Morgan fingerprint density at radius 1 is 0.794 bits per heavy atom. The van der Waals surface area contributed by atoms with Crippen LogP contribution in [0.4, 0.5) is 8.78 Å². The van der Waals surface area contributed by atoms with E-state index in [1.54, 1.807) is 12.1 Å². The van der Waals surface area contributed by atoms with E-state index in [4.69, 9.17) is 9.26 Å².